The molecule has 1 atom stereocenters. The van der Waals surface area contributed by atoms with E-state index < -0.39 is 17.9 Å². The number of carbonyl (C=O) groups is 2. The van der Waals surface area contributed by atoms with E-state index in [1.807, 2.05) is 6.07 Å². The summed E-state index contributed by atoms with van der Waals surface area (Å²) < 4.78 is 10.3. The molecule has 24 heavy (non-hydrogen) atoms. The van der Waals surface area contributed by atoms with Crippen LogP contribution >= 0.6 is 35.3 Å². The van der Waals surface area contributed by atoms with Crippen molar-refractivity contribution in [2.24, 2.45) is 0 Å². The van der Waals surface area contributed by atoms with Gasteiger partial charge in [0.25, 0.3) is 0 Å². The Hall–Kier alpha value is -1.97. The monoisotopic (exact) mass is 380 g/mol. The van der Waals surface area contributed by atoms with Gasteiger partial charge >= 0.3 is 11.9 Å². The number of pyridine rings is 1. The smallest absolute Gasteiger partial charge is 0.345 e. The van der Waals surface area contributed by atoms with Crippen molar-refractivity contribution in [2.45, 2.75) is 10.9 Å². The van der Waals surface area contributed by atoms with Gasteiger partial charge in [-0.3, -0.25) is 4.98 Å². The van der Waals surface area contributed by atoms with E-state index in [9.17, 15) is 9.59 Å². The van der Waals surface area contributed by atoms with Crippen LogP contribution in [0.3, 0.4) is 0 Å². The molecule has 0 fully saturated rings. The maximum Gasteiger partial charge on any atom is 0.345 e. The molecule has 124 valence electrons. The highest BCUT2D eigenvalue weighted by Gasteiger charge is 2.39. The summed E-state index contributed by atoms with van der Waals surface area (Å²) in [4.78, 5) is 32.9. The Morgan fingerprint density at radius 2 is 2.04 bits per heavy atom. The highest BCUT2D eigenvalue weighted by atomic mass is 32.2. The summed E-state index contributed by atoms with van der Waals surface area (Å²) in [6, 6.07) is 3.62. The predicted octanol–water partition coefficient (Wildman–Crippen LogP) is 3.04. The van der Waals surface area contributed by atoms with Crippen molar-refractivity contribution >= 4 is 47.3 Å². The average molecular weight is 380 g/mol. The number of esters is 2. The molecule has 1 unspecified atom stereocenters. The number of hydrogen-bond acceptors (Lipinski definition) is 8. The Morgan fingerprint density at radius 1 is 1.29 bits per heavy atom. The van der Waals surface area contributed by atoms with Crippen molar-refractivity contribution in [2.75, 3.05) is 14.2 Å². The maximum atomic E-state index is 12.4. The lowest BCUT2D eigenvalue weighted by Crippen LogP contribution is -2.22. The fraction of sp³-hybridized carbons (Fsp3) is 0.200. The summed E-state index contributed by atoms with van der Waals surface area (Å²) >= 11 is 7.73. The Balaban J connectivity index is 2.29. The summed E-state index contributed by atoms with van der Waals surface area (Å²) in [6.45, 7) is 0. The zero-order valence-electron chi connectivity index (χ0n) is 12.7. The van der Waals surface area contributed by atoms with Crippen LogP contribution < -0.4 is 0 Å². The molecule has 3 rings (SSSR count). The molecular formula is C15H12N2O4S3. The van der Waals surface area contributed by atoms with Gasteiger partial charge in [0.15, 0.2) is 3.95 Å². The molecule has 0 saturated carbocycles. The first-order valence-electron chi connectivity index (χ1n) is 6.78. The number of aromatic nitrogens is 2. The molecule has 1 N–H and O–H groups in total. The lowest BCUT2D eigenvalue weighted by Gasteiger charge is -2.25. The van der Waals surface area contributed by atoms with Crippen LogP contribution in [0.2, 0.25) is 0 Å². The van der Waals surface area contributed by atoms with Gasteiger partial charge in [0, 0.05) is 12.4 Å². The second-order valence-electron chi connectivity index (χ2n) is 4.76. The van der Waals surface area contributed by atoms with Crippen molar-refractivity contribution in [1.29, 1.82) is 0 Å². The van der Waals surface area contributed by atoms with Crippen molar-refractivity contribution in [1.82, 2.24) is 9.97 Å². The van der Waals surface area contributed by atoms with Gasteiger partial charge in [-0.1, -0.05) is 17.8 Å². The van der Waals surface area contributed by atoms with Crippen molar-refractivity contribution < 1.29 is 19.1 Å². The quantitative estimate of drug-likeness (QED) is 0.647. The van der Waals surface area contributed by atoms with Gasteiger partial charge in [0.1, 0.15) is 4.91 Å². The van der Waals surface area contributed by atoms with Gasteiger partial charge < -0.3 is 14.5 Å². The van der Waals surface area contributed by atoms with E-state index >= 15 is 0 Å². The SMILES string of the molecule is COC(=O)C1=C(C(=O)OC)C(c2cccnc2)c2sc(=S)[nH]c2S1. The third kappa shape index (κ3) is 2.90. The number of fused-ring (bicyclic) bond motifs is 1. The maximum absolute atomic E-state index is 12.4. The fourth-order valence-corrected chi connectivity index (χ4v) is 5.11. The second-order valence-corrected chi connectivity index (χ2v) is 7.49. The number of nitrogens with one attached hydrogen (secondary N) is 1. The van der Waals surface area contributed by atoms with Gasteiger partial charge in [0.2, 0.25) is 0 Å². The lowest BCUT2D eigenvalue weighted by molar-refractivity contribution is -0.139. The minimum absolute atomic E-state index is 0.190. The number of hydrogen-bond donors (Lipinski definition) is 1. The van der Waals surface area contributed by atoms with Crippen LogP contribution in [0.5, 0.6) is 0 Å². The molecule has 0 aliphatic carbocycles. The number of H-pyrrole nitrogens is 1. The second kappa shape index (κ2) is 6.88. The summed E-state index contributed by atoms with van der Waals surface area (Å²) in [5.41, 5.74) is 1.01. The molecule has 2 aromatic rings. The van der Waals surface area contributed by atoms with Crippen LogP contribution in [0.4, 0.5) is 0 Å². The zero-order valence-corrected chi connectivity index (χ0v) is 15.1. The molecule has 0 spiro atoms. The molecule has 0 saturated heterocycles. The first-order chi connectivity index (χ1) is 11.6. The molecule has 9 heteroatoms. The number of aromatic amines is 1. The number of methoxy groups -OCH3 is 2. The van der Waals surface area contributed by atoms with E-state index in [2.05, 4.69) is 9.97 Å². The number of nitrogens with zero attached hydrogens (tertiary/aromatic N) is 1. The third-order valence-corrected chi connectivity index (χ3v) is 5.98. The molecule has 0 aromatic carbocycles. The Labute approximate surface area is 150 Å². The molecule has 6 nitrogen and oxygen atoms in total. The summed E-state index contributed by atoms with van der Waals surface area (Å²) in [5, 5.41) is 0.729. The number of thiazole rings is 1. The van der Waals surface area contributed by atoms with Crippen LogP contribution in [0, 0.1) is 3.95 Å². The van der Waals surface area contributed by atoms with Gasteiger partial charge in [-0.2, -0.15) is 0 Å². The molecule has 1 aliphatic heterocycles. The summed E-state index contributed by atoms with van der Waals surface area (Å²) in [6.07, 6.45) is 3.30. The Morgan fingerprint density at radius 3 is 2.67 bits per heavy atom. The van der Waals surface area contributed by atoms with Crippen LogP contribution in [0.1, 0.15) is 16.4 Å². The number of rotatable bonds is 3. The Kier molecular flexibility index (Phi) is 4.83. The first kappa shape index (κ1) is 16.9. The van der Waals surface area contributed by atoms with Crippen LogP contribution in [-0.4, -0.2) is 36.1 Å². The Bertz CT molecular complexity index is 886. The third-order valence-electron chi connectivity index (χ3n) is 3.44. The molecule has 1 aliphatic rings. The van der Waals surface area contributed by atoms with E-state index in [-0.39, 0.29) is 10.5 Å². The molecular weight excluding hydrogens is 368 g/mol. The van der Waals surface area contributed by atoms with Gasteiger partial charge in [-0.25, -0.2) is 9.59 Å². The van der Waals surface area contributed by atoms with Gasteiger partial charge in [0.05, 0.1) is 35.6 Å². The van der Waals surface area contributed by atoms with E-state index in [0.29, 0.717) is 3.95 Å². The van der Waals surface area contributed by atoms with Crippen molar-refractivity contribution in [3.05, 3.63) is 49.4 Å². The van der Waals surface area contributed by atoms with E-state index in [1.165, 1.54) is 25.6 Å². The minimum Gasteiger partial charge on any atom is -0.466 e. The normalized spacial score (nSPS) is 16.5. The molecule has 0 bridgehead atoms. The standard InChI is InChI=1S/C15H12N2O4S3/c1-20-13(18)9-8(7-4-3-5-16-6-7)10-12(17-15(22)24-10)23-11(9)14(19)21-2/h3-6,8H,1-2H3,(H,17,22). The lowest BCUT2D eigenvalue weighted by atomic mass is 9.90. The van der Waals surface area contributed by atoms with Crippen molar-refractivity contribution in [3.63, 3.8) is 0 Å². The molecule has 3 heterocycles. The molecule has 2 aromatic heterocycles. The average Bonchev–Trinajstić information content (AvgIpc) is 2.99. The van der Waals surface area contributed by atoms with Crippen LogP contribution in [0.25, 0.3) is 0 Å². The summed E-state index contributed by atoms with van der Waals surface area (Å²) in [5.74, 6) is -1.67. The van der Waals surface area contributed by atoms with E-state index in [4.69, 9.17) is 21.7 Å². The van der Waals surface area contributed by atoms with Crippen LogP contribution in [-0.2, 0) is 19.1 Å². The largest absolute Gasteiger partial charge is 0.466 e. The van der Waals surface area contributed by atoms with E-state index in [1.54, 1.807) is 18.5 Å². The van der Waals surface area contributed by atoms with Gasteiger partial charge in [-0.05, 0) is 23.8 Å². The fourth-order valence-electron chi connectivity index (χ4n) is 2.44. The highest BCUT2D eigenvalue weighted by molar-refractivity contribution is 8.04. The van der Waals surface area contributed by atoms with E-state index in [0.717, 1.165) is 27.2 Å². The van der Waals surface area contributed by atoms with Crippen molar-refractivity contribution in [3.8, 4) is 0 Å². The minimum atomic E-state index is -0.592. The first-order valence-corrected chi connectivity index (χ1v) is 8.82. The zero-order chi connectivity index (χ0) is 17.3. The molecule has 0 amide bonds. The topological polar surface area (TPSA) is 81.3 Å². The number of thioether (sulfide) groups is 1. The number of ether oxygens (including phenoxy) is 2. The molecule has 0 radical (unpaired) electrons. The van der Waals surface area contributed by atoms with Gasteiger partial charge in [-0.15, -0.1) is 11.3 Å². The van der Waals surface area contributed by atoms with Crippen LogP contribution in [0.15, 0.2) is 40.0 Å². The summed E-state index contributed by atoms with van der Waals surface area (Å²) in [7, 11) is 2.55. The number of carbonyl (C=O) groups excluding carboxylic acids is 2. The highest BCUT2D eigenvalue weighted by Crippen LogP contribution is 2.49. The predicted molar refractivity (Wildman–Crippen MR) is 92.5 cm³/mol.